The smallest absolute Gasteiger partial charge is 0.306 e. The quantitative estimate of drug-likeness (QED) is 0.747. The summed E-state index contributed by atoms with van der Waals surface area (Å²) in [6.45, 7) is 1.74. The highest BCUT2D eigenvalue weighted by atomic mass is 32.2. The molecule has 6 heteroatoms. The lowest BCUT2D eigenvalue weighted by molar-refractivity contribution is -0.140. The van der Waals surface area contributed by atoms with Gasteiger partial charge >= 0.3 is 5.97 Å². The van der Waals surface area contributed by atoms with Crippen LogP contribution >= 0.6 is 0 Å². The Labute approximate surface area is 108 Å². The van der Waals surface area contributed by atoms with Gasteiger partial charge in [0.1, 0.15) is 11.8 Å². The van der Waals surface area contributed by atoms with Crippen LogP contribution in [0.4, 0.5) is 0 Å². The van der Waals surface area contributed by atoms with Gasteiger partial charge in [0.25, 0.3) is 0 Å². The lowest BCUT2D eigenvalue weighted by Crippen LogP contribution is -2.18. The number of hydrogen-bond acceptors (Lipinski definition) is 5. The molecule has 0 aliphatic carbocycles. The second-order valence-corrected chi connectivity index (χ2v) is 5.63. The monoisotopic (exact) mass is 266 g/mol. The third-order valence-electron chi connectivity index (χ3n) is 2.38. The van der Waals surface area contributed by atoms with Gasteiger partial charge in [0, 0.05) is 28.0 Å². The maximum Gasteiger partial charge on any atom is 0.306 e. The minimum absolute atomic E-state index is 0.124. The van der Waals surface area contributed by atoms with Crippen LogP contribution in [0.1, 0.15) is 24.6 Å². The van der Waals surface area contributed by atoms with E-state index in [1.807, 2.05) is 6.07 Å². The third-order valence-corrected chi connectivity index (χ3v) is 4.06. The highest BCUT2D eigenvalue weighted by Gasteiger charge is 2.16. The van der Waals surface area contributed by atoms with Crippen LogP contribution < -0.4 is 0 Å². The van der Waals surface area contributed by atoms with E-state index in [0.29, 0.717) is 11.4 Å². The Hall–Kier alpha value is -1.74. The van der Waals surface area contributed by atoms with Crippen molar-refractivity contribution < 1.29 is 13.7 Å². The fourth-order valence-corrected chi connectivity index (χ4v) is 2.46. The van der Waals surface area contributed by atoms with Crippen LogP contribution in [0.3, 0.4) is 0 Å². The summed E-state index contributed by atoms with van der Waals surface area (Å²) in [5.74, 6) is -0.0710. The van der Waals surface area contributed by atoms with Crippen LogP contribution in [0.25, 0.3) is 0 Å². The number of nitriles is 1. The molecule has 0 bridgehead atoms. The van der Waals surface area contributed by atoms with Crippen molar-refractivity contribution in [2.24, 2.45) is 0 Å². The first-order valence-corrected chi connectivity index (χ1v) is 6.74. The number of rotatable bonds is 5. The molecule has 0 amide bonds. The molecular weight excluding hydrogens is 252 g/mol. The summed E-state index contributed by atoms with van der Waals surface area (Å²) in [5.41, 5.74) is 1.07. The number of esters is 1. The molecule has 5 nitrogen and oxygen atoms in total. The summed E-state index contributed by atoms with van der Waals surface area (Å²) in [4.78, 5) is 14.9. The van der Waals surface area contributed by atoms with Gasteiger partial charge < -0.3 is 4.74 Å². The Morgan fingerprint density at radius 3 is 3.00 bits per heavy atom. The molecular formula is C12H14N2O3S. The molecule has 0 N–H and O–H groups in total. The number of carbonyl (C=O) groups excluding carboxylic acids is 1. The van der Waals surface area contributed by atoms with Crippen LogP contribution in [0.5, 0.6) is 0 Å². The Morgan fingerprint density at radius 1 is 1.67 bits per heavy atom. The first-order chi connectivity index (χ1) is 8.56. The highest BCUT2D eigenvalue weighted by Crippen LogP contribution is 2.10. The molecule has 0 aliphatic heterocycles. The first kappa shape index (κ1) is 14.3. The molecule has 0 spiro atoms. The van der Waals surface area contributed by atoms with Gasteiger partial charge in [0.15, 0.2) is 0 Å². The average Bonchev–Trinajstić information content (AvgIpc) is 2.38. The van der Waals surface area contributed by atoms with Gasteiger partial charge in [-0.3, -0.25) is 9.00 Å². The molecule has 2 unspecified atom stereocenters. The van der Waals surface area contributed by atoms with E-state index in [1.54, 1.807) is 19.1 Å². The molecule has 96 valence electrons. The normalized spacial score (nSPS) is 13.4. The highest BCUT2D eigenvalue weighted by molar-refractivity contribution is 7.84. The van der Waals surface area contributed by atoms with Gasteiger partial charge in [-0.1, -0.05) is 6.92 Å². The van der Waals surface area contributed by atoms with Crippen molar-refractivity contribution >= 4 is 16.8 Å². The Balaban J connectivity index is 2.64. The van der Waals surface area contributed by atoms with Crippen LogP contribution in [0.2, 0.25) is 0 Å². The van der Waals surface area contributed by atoms with Gasteiger partial charge in [-0.05, 0) is 17.7 Å². The summed E-state index contributed by atoms with van der Waals surface area (Å²) < 4.78 is 16.5. The molecule has 0 aromatic carbocycles. The largest absolute Gasteiger partial charge is 0.469 e. The second-order valence-electron chi connectivity index (χ2n) is 3.78. The third kappa shape index (κ3) is 4.26. The molecule has 0 aliphatic rings. The zero-order chi connectivity index (χ0) is 13.5. The van der Waals surface area contributed by atoms with Gasteiger partial charge in [0.2, 0.25) is 0 Å². The SMILES string of the molecule is COC(=O)CC(C)S(=O)Cc1ccnc(C#N)c1. The number of aromatic nitrogens is 1. The van der Waals surface area contributed by atoms with E-state index < -0.39 is 10.8 Å². The van der Waals surface area contributed by atoms with Crippen LogP contribution in [-0.2, 0) is 26.1 Å². The number of nitrogens with zero attached hydrogens (tertiary/aromatic N) is 2. The van der Waals surface area contributed by atoms with Crippen molar-refractivity contribution in [2.45, 2.75) is 24.3 Å². The minimum atomic E-state index is -1.19. The number of ether oxygens (including phenoxy) is 1. The molecule has 0 radical (unpaired) electrons. The molecule has 0 fully saturated rings. The number of carbonyl (C=O) groups is 1. The van der Waals surface area contributed by atoms with E-state index in [9.17, 15) is 9.00 Å². The van der Waals surface area contributed by atoms with Crippen LogP contribution in [0.15, 0.2) is 18.3 Å². The van der Waals surface area contributed by atoms with Gasteiger partial charge in [0.05, 0.1) is 13.5 Å². The molecule has 1 aromatic heterocycles. The van der Waals surface area contributed by atoms with Crippen molar-refractivity contribution in [3.05, 3.63) is 29.6 Å². The fourth-order valence-electron chi connectivity index (χ4n) is 1.34. The Kier molecular flexibility index (Phi) is 5.46. The lowest BCUT2D eigenvalue weighted by atomic mass is 10.2. The predicted molar refractivity (Wildman–Crippen MR) is 66.9 cm³/mol. The van der Waals surface area contributed by atoms with Crippen molar-refractivity contribution in [2.75, 3.05) is 7.11 Å². The number of hydrogen-bond donors (Lipinski definition) is 0. The van der Waals surface area contributed by atoms with Crippen molar-refractivity contribution in [3.63, 3.8) is 0 Å². The van der Waals surface area contributed by atoms with E-state index in [4.69, 9.17) is 5.26 Å². The lowest BCUT2D eigenvalue weighted by Gasteiger charge is -2.10. The van der Waals surface area contributed by atoms with Crippen molar-refractivity contribution in [1.29, 1.82) is 5.26 Å². The van der Waals surface area contributed by atoms with Crippen LogP contribution in [0, 0.1) is 11.3 Å². The summed E-state index contributed by atoms with van der Waals surface area (Å²) in [6, 6.07) is 5.24. The maximum atomic E-state index is 12.0. The molecule has 0 saturated carbocycles. The van der Waals surface area contributed by atoms with E-state index in [2.05, 4.69) is 9.72 Å². The maximum absolute atomic E-state index is 12.0. The molecule has 2 atom stereocenters. The van der Waals surface area contributed by atoms with E-state index in [-0.39, 0.29) is 17.6 Å². The summed E-state index contributed by atoms with van der Waals surface area (Å²) in [5, 5.41) is 8.43. The minimum Gasteiger partial charge on any atom is -0.469 e. The van der Waals surface area contributed by atoms with Crippen LogP contribution in [-0.4, -0.2) is 27.5 Å². The first-order valence-electron chi connectivity index (χ1n) is 5.36. The summed E-state index contributed by atoms with van der Waals surface area (Å²) in [6.07, 6.45) is 1.63. The van der Waals surface area contributed by atoms with Crippen molar-refractivity contribution in [1.82, 2.24) is 4.98 Å². The zero-order valence-electron chi connectivity index (χ0n) is 10.3. The fraction of sp³-hybridized carbons (Fsp3) is 0.417. The predicted octanol–water partition coefficient (Wildman–Crippen LogP) is 1.15. The summed E-state index contributed by atoms with van der Waals surface area (Å²) in [7, 11) is 0.119. The van der Waals surface area contributed by atoms with Gasteiger partial charge in [-0.25, -0.2) is 4.98 Å². The standard InChI is InChI=1S/C12H14N2O3S/c1-9(5-12(15)17-2)18(16)8-10-3-4-14-11(6-10)7-13/h3-4,6,9H,5,8H2,1-2H3. The average molecular weight is 266 g/mol. The molecule has 0 saturated heterocycles. The van der Waals surface area contributed by atoms with E-state index in [0.717, 1.165) is 5.56 Å². The zero-order valence-corrected chi connectivity index (χ0v) is 11.1. The summed E-state index contributed by atoms with van der Waals surface area (Å²) >= 11 is 0. The van der Waals surface area contributed by atoms with Gasteiger partial charge in [-0.2, -0.15) is 5.26 Å². The second kappa shape index (κ2) is 6.87. The number of pyridine rings is 1. The Morgan fingerprint density at radius 2 is 2.39 bits per heavy atom. The molecule has 18 heavy (non-hydrogen) atoms. The number of methoxy groups -OCH3 is 1. The molecule has 1 heterocycles. The molecule has 1 aromatic rings. The van der Waals surface area contributed by atoms with E-state index in [1.165, 1.54) is 13.3 Å². The van der Waals surface area contributed by atoms with Gasteiger partial charge in [-0.15, -0.1) is 0 Å². The van der Waals surface area contributed by atoms with E-state index >= 15 is 0 Å². The van der Waals surface area contributed by atoms with Crippen molar-refractivity contribution in [3.8, 4) is 6.07 Å². The Bertz CT molecular complexity index is 496. The molecule has 1 rings (SSSR count). The topological polar surface area (TPSA) is 80.1 Å².